The van der Waals surface area contributed by atoms with Crippen LogP contribution in [0.3, 0.4) is 0 Å². The molecule has 132 valence electrons. The van der Waals surface area contributed by atoms with Gasteiger partial charge in [0.15, 0.2) is 0 Å². The van der Waals surface area contributed by atoms with Crippen molar-refractivity contribution in [1.29, 1.82) is 0 Å². The van der Waals surface area contributed by atoms with Crippen molar-refractivity contribution in [3.05, 3.63) is 71.4 Å². The van der Waals surface area contributed by atoms with Crippen LogP contribution in [0.5, 0.6) is 0 Å². The highest BCUT2D eigenvalue weighted by atomic mass is 15.3. The summed E-state index contributed by atoms with van der Waals surface area (Å²) in [7, 11) is 0. The molecule has 1 N–H and O–H groups in total. The Balaban J connectivity index is 1.53. The molecule has 6 heteroatoms. The van der Waals surface area contributed by atoms with Crippen LogP contribution in [-0.4, -0.2) is 30.7 Å². The Morgan fingerprint density at radius 3 is 2.65 bits per heavy atom. The van der Waals surface area contributed by atoms with E-state index >= 15 is 0 Å². The van der Waals surface area contributed by atoms with Crippen molar-refractivity contribution in [2.24, 2.45) is 0 Å². The molecule has 3 aromatic heterocycles. The Hall–Kier alpha value is -3.15. The summed E-state index contributed by atoms with van der Waals surface area (Å²) in [6, 6.07) is 14.7. The lowest BCUT2D eigenvalue weighted by molar-refractivity contribution is 0.898. The third kappa shape index (κ3) is 2.94. The van der Waals surface area contributed by atoms with Crippen molar-refractivity contribution in [2.75, 3.05) is 11.9 Å². The molecule has 0 aliphatic carbocycles. The Bertz CT molecular complexity index is 1050. The maximum absolute atomic E-state index is 4.37. The van der Waals surface area contributed by atoms with Gasteiger partial charge < -0.3 is 9.88 Å². The summed E-state index contributed by atoms with van der Waals surface area (Å²) in [5.41, 5.74) is 6.01. The number of nitrogens with one attached hydrogen (secondary N) is 1. The summed E-state index contributed by atoms with van der Waals surface area (Å²) in [5.74, 6) is 1.54. The molecule has 26 heavy (non-hydrogen) atoms. The van der Waals surface area contributed by atoms with E-state index < -0.39 is 0 Å². The molecule has 0 aliphatic heterocycles. The van der Waals surface area contributed by atoms with Crippen molar-refractivity contribution in [3.63, 3.8) is 0 Å². The molecule has 1 aromatic carbocycles. The van der Waals surface area contributed by atoms with Gasteiger partial charge >= 0.3 is 0 Å². The van der Waals surface area contributed by atoms with Crippen LogP contribution in [0.15, 0.2) is 48.8 Å². The highest BCUT2D eigenvalue weighted by molar-refractivity contribution is 5.45. The third-order valence-corrected chi connectivity index (χ3v) is 4.63. The second kappa shape index (κ2) is 6.63. The lowest BCUT2D eigenvalue weighted by Gasteiger charge is -2.11. The predicted octanol–water partition coefficient (Wildman–Crippen LogP) is 3.49. The van der Waals surface area contributed by atoms with E-state index in [0.717, 1.165) is 24.5 Å². The van der Waals surface area contributed by atoms with Crippen LogP contribution < -0.4 is 5.32 Å². The molecular weight excluding hydrogens is 324 g/mol. The molecule has 4 aromatic rings. The van der Waals surface area contributed by atoms with Crippen molar-refractivity contribution in [2.45, 2.75) is 27.2 Å². The number of aromatic nitrogens is 5. The first kappa shape index (κ1) is 16.3. The first-order valence-electron chi connectivity index (χ1n) is 8.78. The summed E-state index contributed by atoms with van der Waals surface area (Å²) < 4.78 is 4.04. The number of hydrogen-bond acceptors (Lipinski definition) is 4. The van der Waals surface area contributed by atoms with E-state index in [-0.39, 0.29) is 0 Å². The standard InChI is InChI=1S/C20H22N6/c1-14-11-19(26-20(24-14)22-13-23-26)21-10-9-17-12-15(2)25(16(17)3)18-7-5-4-6-8-18/h4-8,11-13,21H,9-10H2,1-3H3. The quantitative estimate of drug-likeness (QED) is 0.601. The van der Waals surface area contributed by atoms with Crippen LogP contribution in [0.4, 0.5) is 5.82 Å². The molecule has 0 bridgehead atoms. The number of para-hydroxylation sites is 1. The van der Waals surface area contributed by atoms with Crippen molar-refractivity contribution in [1.82, 2.24) is 24.1 Å². The number of aryl methyl sites for hydroxylation is 2. The molecule has 6 nitrogen and oxygen atoms in total. The van der Waals surface area contributed by atoms with E-state index in [9.17, 15) is 0 Å². The van der Waals surface area contributed by atoms with E-state index in [1.54, 1.807) is 4.52 Å². The van der Waals surface area contributed by atoms with E-state index in [2.05, 4.69) is 69.1 Å². The number of anilines is 1. The number of rotatable bonds is 5. The molecule has 4 rings (SSSR count). The second-order valence-electron chi connectivity index (χ2n) is 6.50. The number of nitrogens with zero attached hydrogens (tertiary/aromatic N) is 5. The highest BCUT2D eigenvalue weighted by Crippen LogP contribution is 2.21. The molecule has 0 saturated heterocycles. The molecule has 0 unspecified atom stereocenters. The minimum atomic E-state index is 0.620. The van der Waals surface area contributed by atoms with E-state index in [4.69, 9.17) is 0 Å². The summed E-state index contributed by atoms with van der Waals surface area (Å²) in [6.45, 7) is 7.12. The Morgan fingerprint density at radius 2 is 1.85 bits per heavy atom. The van der Waals surface area contributed by atoms with Crippen LogP contribution >= 0.6 is 0 Å². The SMILES string of the molecule is Cc1cc(NCCc2cc(C)n(-c3ccccc3)c2C)n2ncnc2n1. The molecular formula is C20H22N6. The molecule has 0 amide bonds. The fourth-order valence-corrected chi connectivity index (χ4v) is 3.44. The molecule has 0 spiro atoms. The highest BCUT2D eigenvalue weighted by Gasteiger charge is 2.11. The van der Waals surface area contributed by atoms with Gasteiger partial charge in [0.25, 0.3) is 5.78 Å². The maximum Gasteiger partial charge on any atom is 0.254 e. The van der Waals surface area contributed by atoms with Gasteiger partial charge in [0, 0.05) is 35.4 Å². The summed E-state index contributed by atoms with van der Waals surface area (Å²) in [4.78, 5) is 8.54. The normalized spacial score (nSPS) is 11.2. The zero-order valence-electron chi connectivity index (χ0n) is 15.3. The van der Waals surface area contributed by atoms with E-state index in [0.29, 0.717) is 5.78 Å². The van der Waals surface area contributed by atoms with Gasteiger partial charge in [-0.1, -0.05) is 18.2 Å². The van der Waals surface area contributed by atoms with Crippen molar-refractivity contribution < 1.29 is 0 Å². The van der Waals surface area contributed by atoms with Gasteiger partial charge in [-0.15, -0.1) is 0 Å². The zero-order chi connectivity index (χ0) is 18.1. The average Bonchev–Trinajstić information content (AvgIpc) is 3.20. The molecule has 3 heterocycles. The predicted molar refractivity (Wildman–Crippen MR) is 103 cm³/mol. The first-order chi connectivity index (χ1) is 12.6. The number of benzene rings is 1. The minimum Gasteiger partial charge on any atom is -0.370 e. The zero-order valence-corrected chi connectivity index (χ0v) is 15.3. The van der Waals surface area contributed by atoms with Gasteiger partial charge in [-0.05, 0) is 51.0 Å². The Kier molecular flexibility index (Phi) is 4.16. The van der Waals surface area contributed by atoms with Gasteiger partial charge in [0.2, 0.25) is 0 Å². The van der Waals surface area contributed by atoms with Gasteiger partial charge in [0.05, 0.1) is 0 Å². The molecule has 0 aliphatic rings. The Labute approximate surface area is 152 Å². The molecule has 0 saturated carbocycles. The van der Waals surface area contributed by atoms with Crippen LogP contribution in [-0.2, 0) is 6.42 Å². The van der Waals surface area contributed by atoms with Crippen molar-refractivity contribution >= 4 is 11.6 Å². The first-order valence-corrected chi connectivity index (χ1v) is 8.78. The molecule has 0 radical (unpaired) electrons. The van der Waals surface area contributed by atoms with E-state index in [1.807, 2.05) is 19.1 Å². The maximum atomic E-state index is 4.37. The number of hydrogen-bond donors (Lipinski definition) is 1. The van der Waals surface area contributed by atoms with Gasteiger partial charge in [-0.3, -0.25) is 0 Å². The van der Waals surface area contributed by atoms with Crippen LogP contribution in [0.2, 0.25) is 0 Å². The third-order valence-electron chi connectivity index (χ3n) is 4.63. The fraction of sp³-hybridized carbons (Fsp3) is 0.250. The van der Waals surface area contributed by atoms with Crippen LogP contribution in [0, 0.1) is 20.8 Å². The smallest absolute Gasteiger partial charge is 0.254 e. The summed E-state index contributed by atoms with van der Waals surface area (Å²) in [5, 5.41) is 7.71. The Morgan fingerprint density at radius 1 is 1.04 bits per heavy atom. The lowest BCUT2D eigenvalue weighted by atomic mass is 10.2. The largest absolute Gasteiger partial charge is 0.370 e. The lowest BCUT2D eigenvalue weighted by Crippen LogP contribution is -2.10. The fourth-order valence-electron chi connectivity index (χ4n) is 3.44. The van der Waals surface area contributed by atoms with Gasteiger partial charge in [0.1, 0.15) is 12.1 Å². The average molecular weight is 346 g/mol. The van der Waals surface area contributed by atoms with Crippen LogP contribution in [0.1, 0.15) is 22.6 Å². The summed E-state index contributed by atoms with van der Waals surface area (Å²) in [6.07, 6.45) is 2.46. The monoisotopic (exact) mass is 346 g/mol. The minimum absolute atomic E-state index is 0.620. The molecule has 0 atom stereocenters. The topological polar surface area (TPSA) is 60.0 Å². The number of fused-ring (bicyclic) bond motifs is 1. The van der Waals surface area contributed by atoms with Gasteiger partial charge in [-0.2, -0.15) is 14.6 Å². The second-order valence-corrected chi connectivity index (χ2v) is 6.50. The van der Waals surface area contributed by atoms with E-state index in [1.165, 1.54) is 29.0 Å². The van der Waals surface area contributed by atoms with Crippen LogP contribution in [0.25, 0.3) is 11.5 Å². The van der Waals surface area contributed by atoms with Crippen molar-refractivity contribution in [3.8, 4) is 5.69 Å². The summed E-state index contributed by atoms with van der Waals surface area (Å²) >= 11 is 0. The molecule has 0 fully saturated rings. The van der Waals surface area contributed by atoms with Gasteiger partial charge in [-0.25, -0.2) is 4.98 Å².